The lowest BCUT2D eigenvalue weighted by Gasteiger charge is -2.28. The molecule has 23 heavy (non-hydrogen) atoms. The van der Waals surface area contributed by atoms with Crippen LogP contribution in [0.25, 0.3) is 0 Å². The zero-order valence-electron chi connectivity index (χ0n) is 14.1. The predicted molar refractivity (Wildman–Crippen MR) is 87.0 cm³/mol. The van der Waals surface area contributed by atoms with E-state index in [1.54, 1.807) is 0 Å². The van der Waals surface area contributed by atoms with Gasteiger partial charge >= 0.3 is 5.97 Å². The minimum atomic E-state index is -3.77. The van der Waals surface area contributed by atoms with Crippen molar-refractivity contribution < 1.29 is 22.7 Å². The molecule has 0 saturated carbocycles. The number of nitrogens with zero attached hydrogens (tertiary/aromatic N) is 1. The summed E-state index contributed by atoms with van der Waals surface area (Å²) in [6.07, 6.45) is 0. The minimum Gasteiger partial charge on any atom is -0.495 e. The van der Waals surface area contributed by atoms with Gasteiger partial charge in [-0.05, 0) is 30.2 Å². The van der Waals surface area contributed by atoms with Gasteiger partial charge in [0.25, 0.3) is 0 Å². The number of rotatable bonds is 7. The Bertz CT molecular complexity index is 670. The first-order chi connectivity index (χ1) is 10.6. The van der Waals surface area contributed by atoms with E-state index in [4.69, 9.17) is 10.5 Å². The van der Waals surface area contributed by atoms with Gasteiger partial charge < -0.3 is 15.2 Å². The van der Waals surface area contributed by atoms with E-state index >= 15 is 0 Å². The van der Waals surface area contributed by atoms with Crippen LogP contribution in [-0.4, -0.2) is 53.0 Å². The molecule has 2 N–H and O–H groups in total. The van der Waals surface area contributed by atoms with E-state index in [9.17, 15) is 13.2 Å². The average Bonchev–Trinajstić information content (AvgIpc) is 2.52. The summed E-state index contributed by atoms with van der Waals surface area (Å²) in [6, 6.07) is 4.08. The summed E-state index contributed by atoms with van der Waals surface area (Å²) in [5.74, 6) is -0.477. The van der Waals surface area contributed by atoms with Crippen LogP contribution in [0.2, 0.25) is 0 Å². The third-order valence-electron chi connectivity index (χ3n) is 3.48. The molecule has 0 spiro atoms. The van der Waals surface area contributed by atoms with E-state index in [-0.39, 0.29) is 28.2 Å². The Morgan fingerprint density at radius 3 is 2.39 bits per heavy atom. The Hall–Kier alpha value is -1.64. The second kappa shape index (κ2) is 7.29. The molecule has 8 heteroatoms. The van der Waals surface area contributed by atoms with Crippen molar-refractivity contribution >= 4 is 16.0 Å². The van der Waals surface area contributed by atoms with Crippen molar-refractivity contribution in [2.45, 2.75) is 18.7 Å². The molecule has 130 valence electrons. The van der Waals surface area contributed by atoms with E-state index in [0.29, 0.717) is 6.54 Å². The maximum absolute atomic E-state index is 12.7. The number of carbonyl (C=O) groups is 1. The highest BCUT2D eigenvalue weighted by Gasteiger charge is 2.30. The molecule has 1 rings (SSSR count). The summed E-state index contributed by atoms with van der Waals surface area (Å²) in [7, 11) is 0.312. The Morgan fingerprint density at radius 1 is 1.30 bits per heavy atom. The third kappa shape index (κ3) is 4.43. The van der Waals surface area contributed by atoms with Crippen molar-refractivity contribution in [1.29, 1.82) is 0 Å². The topological polar surface area (TPSA) is 98.9 Å². The largest absolute Gasteiger partial charge is 0.495 e. The van der Waals surface area contributed by atoms with E-state index < -0.39 is 16.0 Å². The molecule has 0 bridgehead atoms. The van der Waals surface area contributed by atoms with Gasteiger partial charge in [-0.15, -0.1) is 0 Å². The van der Waals surface area contributed by atoms with Crippen molar-refractivity contribution in [1.82, 2.24) is 4.31 Å². The standard InChI is InChI=1S/C15H24N2O5S/c1-15(2,9-16)10-17(3)23(19,20)13-7-6-11(14(18)22-5)8-12(13)21-4/h6-8H,9-10,16H2,1-5H3. The van der Waals surface area contributed by atoms with Crippen LogP contribution in [0.3, 0.4) is 0 Å². The fourth-order valence-electron chi connectivity index (χ4n) is 2.05. The van der Waals surface area contributed by atoms with Crippen LogP contribution in [0.15, 0.2) is 23.1 Å². The summed E-state index contributed by atoms with van der Waals surface area (Å²) in [5, 5.41) is 0. The quantitative estimate of drug-likeness (QED) is 0.743. The fraction of sp³-hybridized carbons (Fsp3) is 0.533. The summed E-state index contributed by atoms with van der Waals surface area (Å²) >= 11 is 0. The first-order valence-electron chi connectivity index (χ1n) is 7.02. The number of hydrogen-bond acceptors (Lipinski definition) is 6. The highest BCUT2D eigenvalue weighted by molar-refractivity contribution is 7.89. The molecule has 0 aromatic heterocycles. The van der Waals surface area contributed by atoms with Gasteiger partial charge in [-0.1, -0.05) is 13.8 Å². The van der Waals surface area contributed by atoms with Gasteiger partial charge in [0.05, 0.1) is 19.8 Å². The molecule has 0 aliphatic carbocycles. The van der Waals surface area contributed by atoms with Gasteiger partial charge in [0, 0.05) is 13.6 Å². The summed E-state index contributed by atoms with van der Waals surface area (Å²) in [4.78, 5) is 11.5. The maximum Gasteiger partial charge on any atom is 0.337 e. The van der Waals surface area contributed by atoms with Crippen LogP contribution in [-0.2, 0) is 14.8 Å². The Labute approximate surface area is 137 Å². The number of nitrogens with two attached hydrogens (primary N) is 1. The van der Waals surface area contributed by atoms with Crippen LogP contribution in [0, 0.1) is 5.41 Å². The number of sulfonamides is 1. The van der Waals surface area contributed by atoms with Crippen LogP contribution in [0.4, 0.5) is 0 Å². The molecule has 0 unspecified atom stereocenters. The zero-order chi connectivity index (χ0) is 17.8. The number of hydrogen-bond donors (Lipinski definition) is 1. The molecule has 0 amide bonds. The molecular weight excluding hydrogens is 320 g/mol. The van der Waals surface area contributed by atoms with E-state index in [1.165, 1.54) is 43.8 Å². The smallest absolute Gasteiger partial charge is 0.337 e. The second-order valence-corrected chi connectivity index (χ2v) is 8.00. The molecule has 7 nitrogen and oxygen atoms in total. The minimum absolute atomic E-state index is 0.0111. The van der Waals surface area contributed by atoms with Crippen molar-refractivity contribution in [3.8, 4) is 5.75 Å². The lowest BCUT2D eigenvalue weighted by atomic mass is 9.94. The monoisotopic (exact) mass is 344 g/mol. The molecular formula is C15H24N2O5S. The number of esters is 1. The zero-order valence-corrected chi connectivity index (χ0v) is 14.9. The second-order valence-electron chi connectivity index (χ2n) is 5.99. The van der Waals surface area contributed by atoms with Crippen molar-refractivity contribution in [2.75, 3.05) is 34.4 Å². The molecule has 0 aliphatic rings. The summed E-state index contributed by atoms with van der Waals surface area (Å²) in [6.45, 7) is 4.38. The van der Waals surface area contributed by atoms with Gasteiger partial charge in [-0.2, -0.15) is 0 Å². The van der Waals surface area contributed by atoms with E-state index in [1.807, 2.05) is 13.8 Å². The molecule has 0 saturated heterocycles. The fourth-order valence-corrected chi connectivity index (χ4v) is 3.54. The molecule has 0 atom stereocenters. The molecule has 0 radical (unpaired) electrons. The van der Waals surface area contributed by atoms with E-state index in [0.717, 1.165) is 0 Å². The van der Waals surface area contributed by atoms with Crippen molar-refractivity contribution in [3.63, 3.8) is 0 Å². The van der Waals surface area contributed by atoms with Gasteiger partial charge in [0.2, 0.25) is 10.0 Å². The lowest BCUT2D eigenvalue weighted by Crippen LogP contribution is -2.39. The van der Waals surface area contributed by atoms with Gasteiger partial charge in [0.1, 0.15) is 10.6 Å². The van der Waals surface area contributed by atoms with Crippen LogP contribution in [0.1, 0.15) is 24.2 Å². The molecule has 0 heterocycles. The summed E-state index contributed by atoms with van der Waals surface area (Å²) in [5.41, 5.74) is 5.52. The first kappa shape index (κ1) is 19.4. The number of carbonyl (C=O) groups excluding carboxylic acids is 1. The Balaban J connectivity index is 3.25. The lowest BCUT2D eigenvalue weighted by molar-refractivity contribution is 0.0600. The van der Waals surface area contributed by atoms with Gasteiger partial charge in [-0.3, -0.25) is 0 Å². The van der Waals surface area contributed by atoms with Crippen LogP contribution in [0.5, 0.6) is 5.75 Å². The maximum atomic E-state index is 12.7. The Kier molecular flexibility index (Phi) is 6.15. The van der Waals surface area contributed by atoms with Crippen molar-refractivity contribution in [2.24, 2.45) is 11.1 Å². The third-order valence-corrected chi connectivity index (χ3v) is 5.32. The average molecular weight is 344 g/mol. The molecule has 1 aromatic rings. The molecule has 1 aromatic carbocycles. The number of methoxy groups -OCH3 is 2. The Morgan fingerprint density at radius 2 is 1.91 bits per heavy atom. The van der Waals surface area contributed by atoms with Crippen molar-refractivity contribution in [3.05, 3.63) is 23.8 Å². The highest BCUT2D eigenvalue weighted by Crippen LogP contribution is 2.29. The first-order valence-corrected chi connectivity index (χ1v) is 8.46. The summed E-state index contributed by atoms with van der Waals surface area (Å²) < 4.78 is 36.5. The SMILES string of the molecule is COC(=O)c1ccc(S(=O)(=O)N(C)CC(C)(C)CN)c(OC)c1. The normalized spacial score (nSPS) is 12.3. The number of ether oxygens (including phenoxy) is 2. The van der Waals surface area contributed by atoms with Gasteiger partial charge in [-0.25, -0.2) is 17.5 Å². The highest BCUT2D eigenvalue weighted by atomic mass is 32.2. The van der Waals surface area contributed by atoms with E-state index in [2.05, 4.69) is 4.74 Å². The van der Waals surface area contributed by atoms with Gasteiger partial charge in [0.15, 0.2) is 0 Å². The number of benzene rings is 1. The predicted octanol–water partition coefficient (Wildman–Crippen LogP) is 1.09. The van der Waals surface area contributed by atoms with Crippen LogP contribution >= 0.6 is 0 Å². The molecule has 0 aliphatic heterocycles. The van der Waals surface area contributed by atoms with Crippen LogP contribution < -0.4 is 10.5 Å². The molecule has 0 fully saturated rings.